The first-order chi connectivity index (χ1) is 14.0. The van der Waals surface area contributed by atoms with E-state index in [1.54, 1.807) is 40.3 Å². The molecule has 0 aliphatic heterocycles. The smallest absolute Gasteiger partial charge is 0.255 e. The van der Waals surface area contributed by atoms with Crippen LogP contribution in [0.5, 0.6) is 5.75 Å². The number of ether oxygens (including phenoxy) is 1. The van der Waals surface area contributed by atoms with E-state index in [4.69, 9.17) is 4.74 Å². The summed E-state index contributed by atoms with van der Waals surface area (Å²) in [6.07, 6.45) is 0. The number of tetrazole rings is 1. The van der Waals surface area contributed by atoms with Crippen molar-refractivity contribution in [1.29, 1.82) is 0 Å². The summed E-state index contributed by atoms with van der Waals surface area (Å²) in [4.78, 5) is 17.1. The summed E-state index contributed by atoms with van der Waals surface area (Å²) in [6, 6.07) is 12.9. The lowest BCUT2D eigenvalue weighted by Crippen LogP contribution is -2.13. The monoisotopic (exact) mass is 408 g/mol. The lowest BCUT2D eigenvalue weighted by molar-refractivity contribution is 0.102. The number of carbonyl (C=O) groups excluding carboxylic acids is 1. The van der Waals surface area contributed by atoms with E-state index in [1.165, 1.54) is 0 Å². The van der Waals surface area contributed by atoms with Gasteiger partial charge in [0.2, 0.25) is 0 Å². The second-order valence-corrected chi connectivity index (χ2v) is 8.05. The van der Waals surface area contributed by atoms with E-state index in [9.17, 15) is 4.79 Å². The maximum absolute atomic E-state index is 12.7. The van der Waals surface area contributed by atoms with Crippen molar-refractivity contribution in [2.45, 2.75) is 33.4 Å². The van der Waals surface area contributed by atoms with Crippen LogP contribution in [0.15, 0.2) is 42.5 Å². The first-order valence-corrected chi connectivity index (χ1v) is 9.99. The van der Waals surface area contributed by atoms with Crippen molar-refractivity contribution in [2.75, 3.05) is 5.32 Å². The fraction of sp³-hybridized carbons (Fsp3) is 0.250. The van der Waals surface area contributed by atoms with Crippen LogP contribution in [0.3, 0.4) is 0 Å². The van der Waals surface area contributed by atoms with Crippen LogP contribution in [-0.4, -0.2) is 31.1 Å². The largest absolute Gasteiger partial charge is 0.486 e. The Hall–Kier alpha value is -3.33. The van der Waals surface area contributed by atoms with Gasteiger partial charge in [-0.3, -0.25) is 4.79 Å². The van der Waals surface area contributed by atoms with Crippen LogP contribution in [0.4, 0.5) is 5.69 Å². The van der Waals surface area contributed by atoms with E-state index in [0.717, 1.165) is 20.9 Å². The molecule has 0 atom stereocenters. The fourth-order valence-electron chi connectivity index (χ4n) is 2.90. The third-order valence-electron chi connectivity index (χ3n) is 4.27. The number of anilines is 1. The van der Waals surface area contributed by atoms with Gasteiger partial charge in [0.15, 0.2) is 5.82 Å². The van der Waals surface area contributed by atoms with E-state index in [0.29, 0.717) is 17.1 Å². The van der Waals surface area contributed by atoms with Gasteiger partial charge in [0.25, 0.3) is 5.91 Å². The Morgan fingerprint density at radius 3 is 2.93 bits per heavy atom. The highest BCUT2D eigenvalue weighted by atomic mass is 32.1. The lowest BCUT2D eigenvalue weighted by Gasteiger charge is -2.10. The van der Waals surface area contributed by atoms with E-state index in [1.807, 2.05) is 39.0 Å². The van der Waals surface area contributed by atoms with Crippen LogP contribution in [-0.2, 0) is 6.61 Å². The molecule has 0 saturated heterocycles. The van der Waals surface area contributed by atoms with E-state index in [-0.39, 0.29) is 18.6 Å². The first-order valence-electron chi connectivity index (χ1n) is 9.18. The van der Waals surface area contributed by atoms with Crippen LogP contribution in [0.2, 0.25) is 0 Å². The Labute approximate surface area is 171 Å². The highest BCUT2D eigenvalue weighted by Gasteiger charge is 2.12. The molecule has 1 amide bonds. The molecule has 0 aliphatic rings. The molecule has 9 heteroatoms. The summed E-state index contributed by atoms with van der Waals surface area (Å²) in [5.74, 6) is 0.996. The third kappa shape index (κ3) is 4.24. The molecule has 0 bridgehead atoms. The first kappa shape index (κ1) is 19.0. The second-order valence-electron chi connectivity index (χ2n) is 6.82. The number of benzene rings is 2. The molecule has 8 nitrogen and oxygen atoms in total. The molecule has 0 unspecified atom stereocenters. The molecule has 0 radical (unpaired) electrons. The van der Waals surface area contributed by atoms with Crippen molar-refractivity contribution in [3.8, 4) is 5.75 Å². The fourth-order valence-corrected chi connectivity index (χ4v) is 3.77. The molecule has 2 aromatic carbocycles. The quantitative estimate of drug-likeness (QED) is 0.518. The van der Waals surface area contributed by atoms with Gasteiger partial charge in [0.05, 0.1) is 21.3 Å². The van der Waals surface area contributed by atoms with Crippen molar-refractivity contribution in [2.24, 2.45) is 0 Å². The second kappa shape index (κ2) is 7.96. The minimum Gasteiger partial charge on any atom is -0.486 e. The van der Waals surface area contributed by atoms with Gasteiger partial charge in [-0.15, -0.1) is 16.4 Å². The average molecular weight is 408 g/mol. The molecule has 1 N–H and O–H groups in total. The number of thiazole rings is 1. The van der Waals surface area contributed by atoms with Crippen molar-refractivity contribution in [1.82, 2.24) is 25.2 Å². The molecule has 0 aliphatic carbocycles. The zero-order valence-electron chi connectivity index (χ0n) is 16.3. The number of aryl methyl sites for hydroxylation is 1. The third-order valence-corrected chi connectivity index (χ3v) is 5.20. The number of rotatable bonds is 6. The van der Waals surface area contributed by atoms with Crippen LogP contribution in [0, 0.1) is 6.92 Å². The van der Waals surface area contributed by atoms with Crippen LogP contribution >= 0.6 is 11.3 Å². The minimum atomic E-state index is -0.206. The topological polar surface area (TPSA) is 94.8 Å². The lowest BCUT2D eigenvalue weighted by atomic mass is 10.2. The number of aromatic nitrogens is 5. The SMILES string of the molecule is Cc1nc2ccc(NC(=O)c3cccc(OCc4nnnn4C(C)C)c3)cc2s1. The molecular formula is C20H20N6O2S. The van der Waals surface area contributed by atoms with E-state index < -0.39 is 0 Å². The van der Waals surface area contributed by atoms with Crippen molar-refractivity contribution in [3.63, 3.8) is 0 Å². The molecule has 2 heterocycles. The summed E-state index contributed by atoms with van der Waals surface area (Å²) in [5.41, 5.74) is 2.17. The van der Waals surface area contributed by atoms with Gasteiger partial charge >= 0.3 is 0 Å². The molecule has 0 fully saturated rings. The van der Waals surface area contributed by atoms with Crippen LogP contribution in [0.1, 0.15) is 41.1 Å². The minimum absolute atomic E-state index is 0.139. The maximum atomic E-state index is 12.7. The van der Waals surface area contributed by atoms with Gasteiger partial charge in [0.1, 0.15) is 12.4 Å². The standard InChI is InChI=1S/C20H20N6O2S/c1-12(2)26-19(23-24-25-26)11-28-16-6-4-5-14(9-16)20(27)22-15-7-8-17-18(10-15)29-13(3)21-17/h4-10,12H,11H2,1-3H3,(H,22,27). The summed E-state index contributed by atoms with van der Waals surface area (Å²) in [7, 11) is 0. The predicted molar refractivity (Wildman–Crippen MR) is 111 cm³/mol. The molecular weight excluding hydrogens is 388 g/mol. The van der Waals surface area contributed by atoms with Gasteiger partial charge < -0.3 is 10.1 Å². The zero-order chi connectivity index (χ0) is 20.4. The Bertz CT molecular complexity index is 1170. The van der Waals surface area contributed by atoms with E-state index in [2.05, 4.69) is 25.8 Å². The summed E-state index contributed by atoms with van der Waals surface area (Å²) >= 11 is 1.60. The molecule has 148 valence electrons. The van der Waals surface area contributed by atoms with Crippen LogP contribution in [0.25, 0.3) is 10.2 Å². The van der Waals surface area contributed by atoms with Gasteiger partial charge in [-0.05, 0) is 67.6 Å². The Morgan fingerprint density at radius 2 is 2.10 bits per heavy atom. The summed E-state index contributed by atoms with van der Waals surface area (Å²) in [6.45, 7) is 6.18. The molecule has 4 aromatic rings. The van der Waals surface area contributed by atoms with Crippen molar-refractivity contribution >= 4 is 33.1 Å². The zero-order valence-corrected chi connectivity index (χ0v) is 17.1. The Morgan fingerprint density at radius 1 is 1.24 bits per heavy atom. The number of hydrogen-bond acceptors (Lipinski definition) is 7. The normalized spacial score (nSPS) is 11.2. The number of amides is 1. The predicted octanol–water partition coefficient (Wildman–Crippen LogP) is 4.00. The maximum Gasteiger partial charge on any atom is 0.255 e. The molecule has 4 rings (SSSR count). The highest BCUT2D eigenvalue weighted by molar-refractivity contribution is 7.18. The molecule has 2 aromatic heterocycles. The molecule has 29 heavy (non-hydrogen) atoms. The summed E-state index contributed by atoms with van der Waals surface area (Å²) < 4.78 is 8.54. The van der Waals surface area contributed by atoms with Gasteiger partial charge in [-0.2, -0.15) is 0 Å². The highest BCUT2D eigenvalue weighted by Crippen LogP contribution is 2.25. The number of carbonyl (C=O) groups is 1. The number of nitrogens with zero attached hydrogens (tertiary/aromatic N) is 5. The van der Waals surface area contributed by atoms with Crippen molar-refractivity contribution in [3.05, 3.63) is 58.9 Å². The van der Waals surface area contributed by atoms with Gasteiger partial charge in [-0.25, -0.2) is 9.67 Å². The van der Waals surface area contributed by atoms with Crippen molar-refractivity contribution < 1.29 is 9.53 Å². The number of fused-ring (bicyclic) bond motifs is 1. The van der Waals surface area contributed by atoms with Crippen LogP contribution < -0.4 is 10.1 Å². The molecule has 0 spiro atoms. The average Bonchev–Trinajstić information content (AvgIpc) is 3.31. The number of nitrogens with one attached hydrogen (secondary N) is 1. The Balaban J connectivity index is 1.45. The molecule has 0 saturated carbocycles. The van der Waals surface area contributed by atoms with Gasteiger partial charge in [-0.1, -0.05) is 6.07 Å². The van der Waals surface area contributed by atoms with Gasteiger partial charge in [0, 0.05) is 11.3 Å². The summed E-state index contributed by atoms with van der Waals surface area (Å²) in [5, 5.41) is 15.5. The number of hydrogen-bond donors (Lipinski definition) is 1. The Kier molecular flexibility index (Phi) is 5.22. The van der Waals surface area contributed by atoms with E-state index >= 15 is 0 Å².